The molecular formula is C26H32N4O. The Bertz CT molecular complexity index is 1080. The first kappa shape index (κ1) is 20.3. The van der Waals surface area contributed by atoms with E-state index in [1.165, 1.54) is 35.0 Å². The summed E-state index contributed by atoms with van der Waals surface area (Å²) in [5.74, 6) is -0.00586. The third-order valence-corrected chi connectivity index (χ3v) is 6.82. The zero-order valence-corrected chi connectivity index (χ0v) is 18.4. The van der Waals surface area contributed by atoms with Crippen molar-refractivity contribution >= 4 is 16.8 Å². The van der Waals surface area contributed by atoms with Gasteiger partial charge >= 0.3 is 0 Å². The standard InChI is InChI=1S/C26H32N4O/c1-29-12-14-30(15-13-29)18-20-7-4-6-19(16-20)17-27-26(31)23-10-5-9-22-21-8-2-3-11-24(21)28-25(22)23/h4-7,9-10,16,28H,2-3,8,11-15,17-18H2,1H3,(H,27,31). The quantitative estimate of drug-likeness (QED) is 0.666. The third-order valence-electron chi connectivity index (χ3n) is 6.82. The topological polar surface area (TPSA) is 51.4 Å². The SMILES string of the molecule is CN1CCN(Cc2cccc(CNC(=O)c3cccc4c5c([nH]c34)CCCC5)c2)CC1. The molecule has 3 aromatic rings. The van der Waals surface area contributed by atoms with E-state index in [2.05, 4.69) is 57.5 Å². The minimum Gasteiger partial charge on any atom is -0.358 e. The fourth-order valence-electron chi connectivity index (χ4n) is 5.00. The summed E-state index contributed by atoms with van der Waals surface area (Å²) >= 11 is 0. The molecule has 2 aliphatic rings. The van der Waals surface area contributed by atoms with Gasteiger partial charge in [0, 0.05) is 50.3 Å². The highest BCUT2D eigenvalue weighted by atomic mass is 16.1. The lowest BCUT2D eigenvalue weighted by Gasteiger charge is -2.32. The molecule has 0 bridgehead atoms. The van der Waals surface area contributed by atoms with Gasteiger partial charge in [0.2, 0.25) is 0 Å². The van der Waals surface area contributed by atoms with Crippen LogP contribution >= 0.6 is 0 Å². The molecule has 1 aliphatic carbocycles. The van der Waals surface area contributed by atoms with E-state index in [1.54, 1.807) is 0 Å². The second-order valence-electron chi connectivity index (χ2n) is 9.10. The van der Waals surface area contributed by atoms with E-state index in [-0.39, 0.29) is 5.91 Å². The van der Waals surface area contributed by atoms with Crippen molar-refractivity contribution in [2.75, 3.05) is 33.2 Å². The molecule has 5 heteroatoms. The predicted molar refractivity (Wildman–Crippen MR) is 125 cm³/mol. The van der Waals surface area contributed by atoms with Crippen molar-refractivity contribution in [2.45, 2.75) is 38.8 Å². The number of aromatic nitrogens is 1. The van der Waals surface area contributed by atoms with Crippen LogP contribution in [0.3, 0.4) is 0 Å². The molecule has 5 nitrogen and oxygen atoms in total. The minimum atomic E-state index is -0.00586. The lowest BCUT2D eigenvalue weighted by atomic mass is 9.95. The molecule has 1 aromatic heterocycles. The number of carbonyl (C=O) groups excluding carboxylic acids is 1. The summed E-state index contributed by atoms with van der Waals surface area (Å²) < 4.78 is 0. The second-order valence-corrected chi connectivity index (χ2v) is 9.10. The van der Waals surface area contributed by atoms with Crippen LogP contribution in [-0.4, -0.2) is 53.9 Å². The van der Waals surface area contributed by atoms with Gasteiger partial charge in [0.25, 0.3) is 5.91 Å². The first-order valence-electron chi connectivity index (χ1n) is 11.6. The van der Waals surface area contributed by atoms with Gasteiger partial charge in [-0.1, -0.05) is 36.4 Å². The predicted octanol–water partition coefficient (Wildman–Crippen LogP) is 3.72. The number of aryl methyl sites for hydroxylation is 2. The molecule has 2 N–H and O–H groups in total. The number of aromatic amines is 1. The average molecular weight is 417 g/mol. The molecule has 0 saturated carbocycles. The summed E-state index contributed by atoms with van der Waals surface area (Å²) in [6, 6.07) is 14.7. The van der Waals surface area contributed by atoms with Gasteiger partial charge in [-0.15, -0.1) is 0 Å². The summed E-state index contributed by atoms with van der Waals surface area (Å²) in [7, 11) is 2.18. The smallest absolute Gasteiger partial charge is 0.253 e. The number of nitrogens with zero attached hydrogens (tertiary/aromatic N) is 2. The highest BCUT2D eigenvalue weighted by Gasteiger charge is 2.19. The van der Waals surface area contributed by atoms with Gasteiger partial charge in [-0.05, 0) is 55.5 Å². The summed E-state index contributed by atoms with van der Waals surface area (Å²) in [5.41, 5.74) is 6.94. The lowest BCUT2D eigenvalue weighted by Crippen LogP contribution is -2.43. The van der Waals surface area contributed by atoms with Crippen LogP contribution in [-0.2, 0) is 25.9 Å². The molecule has 5 rings (SSSR count). The Morgan fingerprint density at radius 3 is 2.65 bits per heavy atom. The molecule has 1 aliphatic heterocycles. The Balaban J connectivity index is 1.26. The zero-order chi connectivity index (χ0) is 21.2. The Kier molecular flexibility index (Phi) is 5.79. The van der Waals surface area contributed by atoms with Gasteiger partial charge < -0.3 is 15.2 Å². The van der Waals surface area contributed by atoms with Crippen molar-refractivity contribution in [1.82, 2.24) is 20.1 Å². The highest BCUT2D eigenvalue weighted by molar-refractivity contribution is 6.06. The monoisotopic (exact) mass is 416 g/mol. The van der Waals surface area contributed by atoms with E-state index in [0.29, 0.717) is 6.54 Å². The minimum absolute atomic E-state index is 0.00586. The number of likely N-dealkylation sites (N-methyl/N-ethyl adjacent to an activating group) is 1. The fraction of sp³-hybridized carbons (Fsp3) is 0.423. The molecule has 0 spiro atoms. The number of benzene rings is 2. The summed E-state index contributed by atoms with van der Waals surface area (Å²) in [4.78, 5) is 21.5. The number of piperazine rings is 1. The number of para-hydroxylation sites is 1. The number of rotatable bonds is 5. The maximum Gasteiger partial charge on any atom is 0.253 e. The van der Waals surface area contributed by atoms with Crippen LogP contribution in [0.25, 0.3) is 10.9 Å². The lowest BCUT2D eigenvalue weighted by molar-refractivity contribution is 0.0952. The molecule has 2 aromatic carbocycles. The fourth-order valence-corrected chi connectivity index (χ4v) is 5.00. The molecule has 162 valence electrons. The molecule has 0 unspecified atom stereocenters. The van der Waals surface area contributed by atoms with Gasteiger partial charge in [-0.3, -0.25) is 9.69 Å². The summed E-state index contributed by atoms with van der Waals surface area (Å²) in [6.45, 7) is 6.01. The first-order chi connectivity index (χ1) is 15.2. The third kappa shape index (κ3) is 4.39. The number of hydrogen-bond donors (Lipinski definition) is 2. The Labute approximate surface area is 184 Å². The molecule has 2 heterocycles. The highest BCUT2D eigenvalue weighted by Crippen LogP contribution is 2.30. The molecular weight excluding hydrogens is 384 g/mol. The van der Waals surface area contributed by atoms with Gasteiger partial charge in [0.1, 0.15) is 0 Å². The van der Waals surface area contributed by atoms with Crippen LogP contribution in [0.5, 0.6) is 0 Å². The van der Waals surface area contributed by atoms with Crippen molar-refractivity contribution in [2.24, 2.45) is 0 Å². The molecule has 1 amide bonds. The normalized spacial score (nSPS) is 17.6. The number of hydrogen-bond acceptors (Lipinski definition) is 3. The van der Waals surface area contributed by atoms with Crippen molar-refractivity contribution in [1.29, 1.82) is 0 Å². The van der Waals surface area contributed by atoms with Crippen molar-refractivity contribution in [3.05, 3.63) is 70.4 Å². The molecule has 31 heavy (non-hydrogen) atoms. The number of fused-ring (bicyclic) bond motifs is 3. The number of nitrogens with one attached hydrogen (secondary N) is 2. The van der Waals surface area contributed by atoms with Gasteiger partial charge in [-0.25, -0.2) is 0 Å². The van der Waals surface area contributed by atoms with E-state index in [4.69, 9.17) is 0 Å². The van der Waals surface area contributed by atoms with Crippen LogP contribution in [0.4, 0.5) is 0 Å². The molecule has 1 saturated heterocycles. The second kappa shape index (κ2) is 8.85. The maximum atomic E-state index is 13.0. The largest absolute Gasteiger partial charge is 0.358 e. The number of H-pyrrole nitrogens is 1. The summed E-state index contributed by atoms with van der Waals surface area (Å²) in [6.07, 6.45) is 4.67. The van der Waals surface area contributed by atoms with E-state index in [1.807, 2.05) is 12.1 Å². The number of carbonyl (C=O) groups is 1. The Hall–Kier alpha value is -2.63. The molecule has 1 fully saturated rings. The first-order valence-corrected chi connectivity index (χ1v) is 11.6. The van der Waals surface area contributed by atoms with Gasteiger partial charge in [0.05, 0.1) is 11.1 Å². The zero-order valence-electron chi connectivity index (χ0n) is 18.4. The van der Waals surface area contributed by atoms with Crippen molar-refractivity contribution in [3.8, 4) is 0 Å². The van der Waals surface area contributed by atoms with Gasteiger partial charge in [-0.2, -0.15) is 0 Å². The number of amides is 1. The van der Waals surface area contributed by atoms with Crippen LogP contribution < -0.4 is 5.32 Å². The average Bonchev–Trinajstić information content (AvgIpc) is 3.18. The molecule has 0 radical (unpaired) electrons. The van der Waals surface area contributed by atoms with Crippen LogP contribution in [0.15, 0.2) is 42.5 Å². The van der Waals surface area contributed by atoms with E-state index in [0.717, 1.165) is 62.2 Å². The van der Waals surface area contributed by atoms with Crippen LogP contribution in [0, 0.1) is 0 Å². The van der Waals surface area contributed by atoms with E-state index >= 15 is 0 Å². The van der Waals surface area contributed by atoms with E-state index in [9.17, 15) is 4.79 Å². The summed E-state index contributed by atoms with van der Waals surface area (Å²) in [5, 5.41) is 4.36. The Morgan fingerprint density at radius 1 is 1.00 bits per heavy atom. The Morgan fingerprint density at radius 2 is 1.77 bits per heavy atom. The maximum absolute atomic E-state index is 13.0. The van der Waals surface area contributed by atoms with Crippen molar-refractivity contribution < 1.29 is 4.79 Å². The van der Waals surface area contributed by atoms with Crippen molar-refractivity contribution in [3.63, 3.8) is 0 Å². The van der Waals surface area contributed by atoms with Crippen LogP contribution in [0.1, 0.15) is 45.6 Å². The molecule has 0 atom stereocenters. The van der Waals surface area contributed by atoms with Gasteiger partial charge in [0.15, 0.2) is 0 Å². The van der Waals surface area contributed by atoms with E-state index < -0.39 is 0 Å². The van der Waals surface area contributed by atoms with Crippen LogP contribution in [0.2, 0.25) is 0 Å².